The number of benzene rings is 2. The van der Waals surface area contributed by atoms with Crippen molar-refractivity contribution in [1.29, 1.82) is 0 Å². The SMILES string of the molecule is COc1cc(C)c(C)cc1S(=O)(=O)NCc1nc(-c2cccc(C)c2)no1. The minimum absolute atomic E-state index is 0.0755. The van der Waals surface area contributed by atoms with Gasteiger partial charge in [0.2, 0.25) is 21.7 Å². The van der Waals surface area contributed by atoms with E-state index < -0.39 is 10.0 Å². The van der Waals surface area contributed by atoms with Crippen molar-refractivity contribution in [3.05, 3.63) is 59.0 Å². The van der Waals surface area contributed by atoms with Crippen LogP contribution in [0.5, 0.6) is 5.75 Å². The number of hydrogen-bond donors (Lipinski definition) is 1. The number of ether oxygens (including phenoxy) is 1. The summed E-state index contributed by atoms with van der Waals surface area (Å²) in [5.41, 5.74) is 3.69. The summed E-state index contributed by atoms with van der Waals surface area (Å²) in [4.78, 5) is 4.33. The van der Waals surface area contributed by atoms with Crippen molar-refractivity contribution < 1.29 is 17.7 Å². The molecule has 0 saturated heterocycles. The first kappa shape index (κ1) is 19.1. The second kappa shape index (κ2) is 7.50. The van der Waals surface area contributed by atoms with Crippen LogP contribution in [0, 0.1) is 20.8 Å². The Labute approximate surface area is 158 Å². The molecule has 0 atom stereocenters. The lowest BCUT2D eigenvalue weighted by Gasteiger charge is -2.12. The molecular weight excluding hydrogens is 366 g/mol. The highest BCUT2D eigenvalue weighted by molar-refractivity contribution is 7.89. The number of nitrogens with one attached hydrogen (secondary N) is 1. The van der Waals surface area contributed by atoms with Crippen molar-refractivity contribution in [2.24, 2.45) is 0 Å². The third-order valence-electron chi connectivity index (χ3n) is 4.23. The average Bonchev–Trinajstić information content (AvgIpc) is 3.11. The Hall–Kier alpha value is -2.71. The maximum Gasteiger partial charge on any atom is 0.244 e. The van der Waals surface area contributed by atoms with Crippen molar-refractivity contribution in [3.8, 4) is 17.1 Å². The second-order valence-corrected chi connectivity index (χ2v) is 8.03. The lowest BCUT2D eigenvalue weighted by atomic mass is 10.1. The topological polar surface area (TPSA) is 94.3 Å². The molecule has 0 bridgehead atoms. The Balaban J connectivity index is 1.80. The largest absolute Gasteiger partial charge is 0.495 e. The molecular formula is C19H21N3O4S. The average molecular weight is 387 g/mol. The molecule has 0 radical (unpaired) electrons. The molecule has 0 fully saturated rings. The van der Waals surface area contributed by atoms with E-state index in [1.807, 2.05) is 45.0 Å². The third-order valence-corrected chi connectivity index (χ3v) is 5.65. The molecule has 0 spiro atoms. The predicted octanol–water partition coefficient (Wildman–Crippen LogP) is 3.15. The summed E-state index contributed by atoms with van der Waals surface area (Å²) < 4.78 is 38.3. The van der Waals surface area contributed by atoms with E-state index >= 15 is 0 Å². The van der Waals surface area contributed by atoms with E-state index in [2.05, 4.69) is 14.9 Å². The second-order valence-electron chi connectivity index (χ2n) is 6.29. The smallest absolute Gasteiger partial charge is 0.244 e. The summed E-state index contributed by atoms with van der Waals surface area (Å²) in [6.45, 7) is 5.60. The van der Waals surface area contributed by atoms with Gasteiger partial charge in [-0.3, -0.25) is 0 Å². The van der Waals surface area contributed by atoms with E-state index in [1.165, 1.54) is 7.11 Å². The highest BCUT2D eigenvalue weighted by Crippen LogP contribution is 2.27. The summed E-state index contributed by atoms with van der Waals surface area (Å²) in [7, 11) is -2.37. The zero-order valence-corrected chi connectivity index (χ0v) is 16.4. The van der Waals surface area contributed by atoms with Crippen LogP contribution in [0.25, 0.3) is 11.4 Å². The molecule has 0 aliphatic heterocycles. The molecule has 0 saturated carbocycles. The lowest BCUT2D eigenvalue weighted by Crippen LogP contribution is -2.24. The number of aryl methyl sites for hydroxylation is 3. The van der Waals surface area contributed by atoms with Gasteiger partial charge in [0.05, 0.1) is 13.7 Å². The van der Waals surface area contributed by atoms with E-state index in [-0.39, 0.29) is 23.1 Å². The first-order chi connectivity index (χ1) is 12.8. The minimum atomic E-state index is -3.81. The molecule has 1 N–H and O–H groups in total. The lowest BCUT2D eigenvalue weighted by molar-refractivity contribution is 0.375. The maximum atomic E-state index is 12.7. The summed E-state index contributed by atoms with van der Waals surface area (Å²) in [5, 5.41) is 3.91. The first-order valence-electron chi connectivity index (χ1n) is 8.34. The summed E-state index contributed by atoms with van der Waals surface area (Å²) in [5.74, 6) is 0.881. The van der Waals surface area contributed by atoms with Crippen LogP contribution in [0.4, 0.5) is 0 Å². The van der Waals surface area contributed by atoms with Crippen LogP contribution in [-0.2, 0) is 16.6 Å². The van der Waals surface area contributed by atoms with Gasteiger partial charge in [0.15, 0.2) is 0 Å². The molecule has 3 aromatic rings. The van der Waals surface area contributed by atoms with Crippen molar-refractivity contribution in [2.75, 3.05) is 7.11 Å². The van der Waals surface area contributed by atoms with Gasteiger partial charge in [-0.25, -0.2) is 13.1 Å². The molecule has 0 aliphatic rings. The maximum absolute atomic E-state index is 12.7. The standard InChI is InChI=1S/C19H21N3O4S/c1-12-6-5-7-15(8-12)19-21-18(26-22-19)11-20-27(23,24)17-10-14(3)13(2)9-16(17)25-4/h5-10,20H,11H2,1-4H3. The van der Waals surface area contributed by atoms with Gasteiger partial charge in [-0.15, -0.1) is 0 Å². The Morgan fingerprint density at radius 1 is 1.11 bits per heavy atom. The van der Waals surface area contributed by atoms with Crippen LogP contribution in [0.3, 0.4) is 0 Å². The summed E-state index contributed by atoms with van der Waals surface area (Å²) in [6, 6.07) is 10.9. The molecule has 2 aromatic carbocycles. The van der Waals surface area contributed by atoms with Crippen molar-refractivity contribution >= 4 is 10.0 Å². The van der Waals surface area contributed by atoms with Crippen LogP contribution in [0.1, 0.15) is 22.6 Å². The molecule has 8 heteroatoms. The Kier molecular flexibility index (Phi) is 5.29. The van der Waals surface area contributed by atoms with Crippen LogP contribution in [0.2, 0.25) is 0 Å². The minimum Gasteiger partial charge on any atom is -0.495 e. The highest BCUT2D eigenvalue weighted by atomic mass is 32.2. The monoisotopic (exact) mass is 387 g/mol. The van der Waals surface area contributed by atoms with Gasteiger partial charge in [0, 0.05) is 5.56 Å². The quantitative estimate of drug-likeness (QED) is 0.698. The predicted molar refractivity (Wildman–Crippen MR) is 101 cm³/mol. The normalized spacial score (nSPS) is 11.6. The van der Waals surface area contributed by atoms with Crippen LogP contribution in [-0.4, -0.2) is 25.7 Å². The number of hydrogen-bond acceptors (Lipinski definition) is 6. The van der Waals surface area contributed by atoms with Crippen molar-refractivity contribution in [2.45, 2.75) is 32.2 Å². The molecule has 3 rings (SSSR count). The van der Waals surface area contributed by atoms with E-state index in [0.717, 1.165) is 22.3 Å². The van der Waals surface area contributed by atoms with Gasteiger partial charge >= 0.3 is 0 Å². The fourth-order valence-corrected chi connectivity index (χ4v) is 3.80. The van der Waals surface area contributed by atoms with Crippen LogP contribution in [0.15, 0.2) is 45.8 Å². The fourth-order valence-electron chi connectivity index (χ4n) is 2.60. The Morgan fingerprint density at radius 2 is 1.85 bits per heavy atom. The number of rotatable bonds is 6. The molecule has 0 aliphatic carbocycles. The van der Waals surface area contributed by atoms with Crippen molar-refractivity contribution in [1.82, 2.24) is 14.9 Å². The summed E-state index contributed by atoms with van der Waals surface area (Å²) >= 11 is 0. The third kappa shape index (κ3) is 4.17. The van der Waals surface area contributed by atoms with E-state index in [1.54, 1.807) is 12.1 Å². The van der Waals surface area contributed by atoms with Crippen LogP contribution >= 0.6 is 0 Å². The summed E-state index contributed by atoms with van der Waals surface area (Å²) in [6.07, 6.45) is 0. The van der Waals surface area contributed by atoms with Crippen LogP contribution < -0.4 is 9.46 Å². The Bertz CT molecular complexity index is 1070. The molecule has 7 nitrogen and oxygen atoms in total. The highest BCUT2D eigenvalue weighted by Gasteiger charge is 2.21. The van der Waals surface area contributed by atoms with E-state index in [4.69, 9.17) is 9.26 Å². The zero-order chi connectivity index (χ0) is 19.6. The van der Waals surface area contributed by atoms with Gasteiger partial charge in [-0.2, -0.15) is 4.98 Å². The number of aromatic nitrogens is 2. The van der Waals surface area contributed by atoms with Gasteiger partial charge in [0.1, 0.15) is 10.6 Å². The van der Waals surface area contributed by atoms with Crippen molar-refractivity contribution in [3.63, 3.8) is 0 Å². The fraction of sp³-hybridized carbons (Fsp3) is 0.263. The Morgan fingerprint density at radius 3 is 2.56 bits per heavy atom. The number of nitrogens with zero attached hydrogens (tertiary/aromatic N) is 2. The molecule has 142 valence electrons. The van der Waals surface area contributed by atoms with Gasteiger partial charge in [-0.05, 0) is 50.1 Å². The molecule has 1 aromatic heterocycles. The molecule has 0 unspecified atom stereocenters. The zero-order valence-electron chi connectivity index (χ0n) is 15.6. The van der Waals surface area contributed by atoms with Gasteiger partial charge in [-0.1, -0.05) is 28.9 Å². The molecule has 0 amide bonds. The van der Waals surface area contributed by atoms with E-state index in [0.29, 0.717) is 5.82 Å². The van der Waals surface area contributed by atoms with Gasteiger partial charge < -0.3 is 9.26 Å². The molecule has 1 heterocycles. The number of methoxy groups -OCH3 is 1. The first-order valence-corrected chi connectivity index (χ1v) is 9.83. The number of sulfonamides is 1. The van der Waals surface area contributed by atoms with E-state index in [9.17, 15) is 8.42 Å². The molecule has 27 heavy (non-hydrogen) atoms. The van der Waals surface area contributed by atoms with Gasteiger partial charge in [0.25, 0.3) is 0 Å².